The maximum absolute atomic E-state index is 11.1. The van der Waals surface area contributed by atoms with Crippen molar-refractivity contribution in [3.05, 3.63) is 59.2 Å². The second kappa shape index (κ2) is 7.65. The fraction of sp³-hybridized carbons (Fsp3) is 0.278. The van der Waals surface area contributed by atoms with Crippen LogP contribution in [0, 0.1) is 0 Å². The predicted molar refractivity (Wildman–Crippen MR) is 89.7 cm³/mol. The molecule has 23 heavy (non-hydrogen) atoms. The van der Waals surface area contributed by atoms with E-state index >= 15 is 0 Å². The smallest absolute Gasteiger partial charge is 0.248 e. The monoisotopic (exact) mass is 314 g/mol. The highest BCUT2D eigenvalue weighted by molar-refractivity contribution is 5.92. The fourth-order valence-corrected chi connectivity index (χ4v) is 2.43. The zero-order chi connectivity index (χ0) is 16.8. The summed E-state index contributed by atoms with van der Waals surface area (Å²) in [5.74, 6) is 1.04. The van der Waals surface area contributed by atoms with Crippen LogP contribution >= 0.6 is 0 Å². The van der Waals surface area contributed by atoms with Crippen LogP contribution in [-0.2, 0) is 13.1 Å². The normalized spacial score (nSPS) is 10.6. The molecule has 0 heterocycles. The highest BCUT2D eigenvalue weighted by atomic mass is 16.5. The number of nitrogens with zero attached hydrogens (tertiary/aromatic N) is 1. The van der Waals surface area contributed by atoms with Gasteiger partial charge in [-0.15, -0.1) is 0 Å². The lowest BCUT2D eigenvalue weighted by molar-refractivity contribution is 0.100. The molecule has 2 N–H and O–H groups in total. The third kappa shape index (κ3) is 4.47. The SMILES string of the molecule is COc1ccc(CN(C)Cc2ccc(C(N)=O)cc2)cc1OC. The van der Waals surface area contributed by atoms with E-state index in [-0.39, 0.29) is 0 Å². The molecular weight excluding hydrogens is 292 g/mol. The summed E-state index contributed by atoms with van der Waals surface area (Å²) >= 11 is 0. The van der Waals surface area contributed by atoms with Gasteiger partial charge in [0.2, 0.25) is 5.91 Å². The van der Waals surface area contributed by atoms with Crippen molar-refractivity contribution in [2.75, 3.05) is 21.3 Å². The molecule has 2 aromatic rings. The number of hydrogen-bond acceptors (Lipinski definition) is 4. The van der Waals surface area contributed by atoms with Crippen molar-refractivity contribution in [2.24, 2.45) is 5.73 Å². The van der Waals surface area contributed by atoms with Crippen LogP contribution in [0.15, 0.2) is 42.5 Å². The molecule has 1 amide bonds. The van der Waals surface area contributed by atoms with Gasteiger partial charge in [-0.2, -0.15) is 0 Å². The zero-order valence-corrected chi connectivity index (χ0v) is 13.7. The number of carbonyl (C=O) groups excluding carboxylic acids is 1. The Morgan fingerprint density at radius 2 is 1.52 bits per heavy atom. The Morgan fingerprint density at radius 3 is 2.09 bits per heavy atom. The summed E-state index contributed by atoms with van der Waals surface area (Å²) in [6.45, 7) is 1.55. The molecule has 0 bridgehead atoms. The molecule has 0 atom stereocenters. The Bertz CT molecular complexity index is 668. The molecular formula is C18H22N2O3. The lowest BCUT2D eigenvalue weighted by atomic mass is 10.1. The summed E-state index contributed by atoms with van der Waals surface area (Å²) in [7, 11) is 5.30. The number of hydrogen-bond donors (Lipinski definition) is 1. The van der Waals surface area contributed by atoms with E-state index in [1.165, 1.54) is 0 Å². The first-order chi connectivity index (χ1) is 11.0. The van der Waals surface area contributed by atoms with E-state index in [1.54, 1.807) is 26.4 Å². The molecule has 2 rings (SSSR count). The molecule has 5 heteroatoms. The van der Waals surface area contributed by atoms with Crippen molar-refractivity contribution in [1.82, 2.24) is 4.90 Å². The maximum atomic E-state index is 11.1. The largest absolute Gasteiger partial charge is 0.493 e. The fourth-order valence-electron chi connectivity index (χ4n) is 2.43. The average molecular weight is 314 g/mol. The Kier molecular flexibility index (Phi) is 5.60. The van der Waals surface area contributed by atoms with Crippen LogP contribution < -0.4 is 15.2 Å². The van der Waals surface area contributed by atoms with Gasteiger partial charge in [0.1, 0.15) is 0 Å². The number of primary amides is 1. The van der Waals surface area contributed by atoms with Gasteiger partial charge >= 0.3 is 0 Å². The van der Waals surface area contributed by atoms with Crippen molar-refractivity contribution in [3.8, 4) is 11.5 Å². The van der Waals surface area contributed by atoms with Gasteiger partial charge in [0, 0.05) is 18.7 Å². The maximum Gasteiger partial charge on any atom is 0.248 e. The number of ether oxygens (including phenoxy) is 2. The molecule has 5 nitrogen and oxygen atoms in total. The minimum atomic E-state index is -0.407. The molecule has 0 fully saturated rings. The molecule has 0 aliphatic carbocycles. The van der Waals surface area contributed by atoms with E-state index in [0.29, 0.717) is 5.56 Å². The van der Waals surface area contributed by atoms with E-state index in [1.807, 2.05) is 37.4 Å². The molecule has 0 unspecified atom stereocenters. The van der Waals surface area contributed by atoms with Crippen LogP contribution in [0.25, 0.3) is 0 Å². The van der Waals surface area contributed by atoms with Crippen LogP contribution in [0.2, 0.25) is 0 Å². The van der Waals surface area contributed by atoms with Crippen LogP contribution in [0.3, 0.4) is 0 Å². The first-order valence-electron chi connectivity index (χ1n) is 7.31. The molecule has 122 valence electrons. The second-order valence-electron chi connectivity index (χ2n) is 5.42. The van der Waals surface area contributed by atoms with E-state index in [9.17, 15) is 4.79 Å². The van der Waals surface area contributed by atoms with Gasteiger partial charge < -0.3 is 15.2 Å². The third-order valence-electron chi connectivity index (χ3n) is 3.59. The number of carbonyl (C=O) groups is 1. The Balaban J connectivity index is 2.01. The number of amides is 1. The summed E-state index contributed by atoms with van der Waals surface area (Å²) in [4.78, 5) is 13.3. The lowest BCUT2D eigenvalue weighted by Gasteiger charge is -2.18. The van der Waals surface area contributed by atoms with Crippen molar-refractivity contribution < 1.29 is 14.3 Å². The summed E-state index contributed by atoms with van der Waals surface area (Å²) in [6, 6.07) is 13.3. The van der Waals surface area contributed by atoms with Crippen molar-refractivity contribution >= 4 is 5.91 Å². The standard InChI is InChI=1S/C18H22N2O3/c1-20(11-13-4-7-15(8-5-13)18(19)21)12-14-6-9-16(22-2)17(10-14)23-3/h4-10H,11-12H2,1-3H3,(H2,19,21). The van der Waals surface area contributed by atoms with Crippen LogP contribution in [0.1, 0.15) is 21.5 Å². The molecule has 0 radical (unpaired) electrons. The molecule has 0 saturated heterocycles. The number of rotatable bonds is 7. The zero-order valence-electron chi connectivity index (χ0n) is 13.7. The van der Waals surface area contributed by atoms with E-state index in [2.05, 4.69) is 4.90 Å². The second-order valence-corrected chi connectivity index (χ2v) is 5.42. The topological polar surface area (TPSA) is 64.8 Å². The van der Waals surface area contributed by atoms with Gasteiger partial charge in [-0.3, -0.25) is 9.69 Å². The summed E-state index contributed by atoms with van der Waals surface area (Å²) in [5.41, 5.74) is 8.03. The average Bonchev–Trinajstić information content (AvgIpc) is 2.55. The van der Waals surface area contributed by atoms with E-state index in [4.69, 9.17) is 15.2 Å². The lowest BCUT2D eigenvalue weighted by Crippen LogP contribution is -2.17. The van der Waals surface area contributed by atoms with Gasteiger partial charge in [-0.1, -0.05) is 18.2 Å². The Morgan fingerprint density at radius 1 is 0.957 bits per heavy atom. The van der Waals surface area contributed by atoms with E-state index in [0.717, 1.165) is 35.7 Å². The first-order valence-corrected chi connectivity index (χ1v) is 7.31. The van der Waals surface area contributed by atoms with Gasteiger partial charge in [-0.25, -0.2) is 0 Å². The number of methoxy groups -OCH3 is 2. The van der Waals surface area contributed by atoms with Crippen LogP contribution in [-0.4, -0.2) is 32.1 Å². The van der Waals surface area contributed by atoms with Crippen molar-refractivity contribution in [1.29, 1.82) is 0 Å². The number of benzene rings is 2. The summed E-state index contributed by atoms with van der Waals surface area (Å²) < 4.78 is 10.6. The summed E-state index contributed by atoms with van der Waals surface area (Å²) in [5, 5.41) is 0. The van der Waals surface area contributed by atoms with Crippen LogP contribution in [0.4, 0.5) is 0 Å². The third-order valence-corrected chi connectivity index (χ3v) is 3.59. The highest BCUT2D eigenvalue weighted by Gasteiger charge is 2.08. The Hall–Kier alpha value is -2.53. The van der Waals surface area contributed by atoms with E-state index < -0.39 is 5.91 Å². The highest BCUT2D eigenvalue weighted by Crippen LogP contribution is 2.28. The minimum Gasteiger partial charge on any atom is -0.493 e. The summed E-state index contributed by atoms with van der Waals surface area (Å²) in [6.07, 6.45) is 0. The number of nitrogens with two attached hydrogens (primary N) is 1. The van der Waals surface area contributed by atoms with Crippen molar-refractivity contribution in [3.63, 3.8) is 0 Å². The predicted octanol–water partition coefficient (Wildman–Crippen LogP) is 2.43. The molecule has 2 aromatic carbocycles. The van der Waals surface area contributed by atoms with Gasteiger partial charge in [-0.05, 0) is 42.4 Å². The van der Waals surface area contributed by atoms with Gasteiger partial charge in [0.05, 0.1) is 14.2 Å². The molecule has 0 saturated carbocycles. The first kappa shape index (κ1) is 16.8. The molecule has 0 aliphatic heterocycles. The minimum absolute atomic E-state index is 0.407. The Labute approximate surface area is 136 Å². The van der Waals surface area contributed by atoms with Crippen molar-refractivity contribution in [2.45, 2.75) is 13.1 Å². The molecule has 0 spiro atoms. The van der Waals surface area contributed by atoms with Crippen LogP contribution in [0.5, 0.6) is 11.5 Å². The quantitative estimate of drug-likeness (QED) is 0.852. The molecule has 0 aliphatic rings. The van der Waals surface area contributed by atoms with Gasteiger partial charge in [0.25, 0.3) is 0 Å². The van der Waals surface area contributed by atoms with Gasteiger partial charge in [0.15, 0.2) is 11.5 Å². The molecule has 0 aromatic heterocycles.